The Morgan fingerprint density at radius 2 is 2.29 bits per heavy atom. The van der Waals surface area contributed by atoms with Gasteiger partial charge >= 0.3 is 0 Å². The molecule has 0 amide bonds. The summed E-state index contributed by atoms with van der Waals surface area (Å²) in [4.78, 5) is 2.35. The number of nitriles is 1. The summed E-state index contributed by atoms with van der Waals surface area (Å²) in [7, 11) is 0. The SMILES string of the molecule is C[C@H]1CCCN(c2c(N)cc(C#N)n2C[C@H]2CCCO2)C1. The number of hydrogen-bond donors (Lipinski definition) is 1. The second-order valence-corrected chi connectivity index (χ2v) is 6.36. The Labute approximate surface area is 126 Å². The average molecular weight is 288 g/mol. The first-order valence-electron chi connectivity index (χ1n) is 7.94. The molecule has 21 heavy (non-hydrogen) atoms. The van der Waals surface area contributed by atoms with Gasteiger partial charge in [-0.2, -0.15) is 5.26 Å². The van der Waals surface area contributed by atoms with Crippen molar-refractivity contribution in [2.24, 2.45) is 5.92 Å². The van der Waals surface area contributed by atoms with E-state index >= 15 is 0 Å². The summed E-state index contributed by atoms with van der Waals surface area (Å²) < 4.78 is 7.81. The lowest BCUT2D eigenvalue weighted by molar-refractivity contribution is 0.0971. The van der Waals surface area contributed by atoms with Crippen molar-refractivity contribution in [1.82, 2.24) is 4.57 Å². The molecule has 0 spiro atoms. The van der Waals surface area contributed by atoms with Crippen molar-refractivity contribution in [3.63, 3.8) is 0 Å². The summed E-state index contributed by atoms with van der Waals surface area (Å²) in [6.07, 6.45) is 4.85. The van der Waals surface area contributed by atoms with Gasteiger partial charge in [0.1, 0.15) is 17.6 Å². The smallest absolute Gasteiger partial charge is 0.133 e. The Morgan fingerprint density at radius 1 is 1.43 bits per heavy atom. The fourth-order valence-electron chi connectivity index (χ4n) is 3.56. The lowest BCUT2D eigenvalue weighted by Gasteiger charge is -2.34. The molecule has 114 valence electrons. The summed E-state index contributed by atoms with van der Waals surface area (Å²) in [5.74, 6) is 1.70. The van der Waals surface area contributed by atoms with E-state index < -0.39 is 0 Å². The highest BCUT2D eigenvalue weighted by molar-refractivity contribution is 5.68. The van der Waals surface area contributed by atoms with Crippen molar-refractivity contribution in [3.05, 3.63) is 11.8 Å². The fraction of sp³-hybridized carbons (Fsp3) is 0.688. The molecule has 0 aromatic carbocycles. The normalized spacial score (nSPS) is 26.0. The molecular formula is C16H24N4O. The second-order valence-electron chi connectivity index (χ2n) is 6.36. The number of nitrogens with zero attached hydrogens (tertiary/aromatic N) is 3. The van der Waals surface area contributed by atoms with Crippen LogP contribution in [0.25, 0.3) is 0 Å². The molecule has 1 aromatic rings. The molecule has 0 radical (unpaired) electrons. The van der Waals surface area contributed by atoms with Crippen LogP contribution in [0.3, 0.4) is 0 Å². The first-order valence-corrected chi connectivity index (χ1v) is 7.94. The van der Waals surface area contributed by atoms with Gasteiger partial charge in [0.25, 0.3) is 0 Å². The highest BCUT2D eigenvalue weighted by atomic mass is 16.5. The Kier molecular flexibility index (Phi) is 4.07. The molecule has 2 atom stereocenters. The molecule has 2 saturated heterocycles. The maximum Gasteiger partial charge on any atom is 0.133 e. The van der Waals surface area contributed by atoms with Crippen LogP contribution in [0.2, 0.25) is 0 Å². The topological polar surface area (TPSA) is 67.2 Å². The highest BCUT2D eigenvalue weighted by Crippen LogP contribution is 2.32. The Bertz CT molecular complexity index is 539. The monoisotopic (exact) mass is 288 g/mol. The first-order chi connectivity index (χ1) is 10.2. The number of hydrogen-bond acceptors (Lipinski definition) is 4. The second kappa shape index (κ2) is 5.98. The molecule has 3 rings (SSSR count). The van der Waals surface area contributed by atoms with Crippen molar-refractivity contribution in [1.29, 1.82) is 5.26 Å². The van der Waals surface area contributed by atoms with E-state index in [2.05, 4.69) is 22.5 Å². The Balaban J connectivity index is 1.90. The van der Waals surface area contributed by atoms with Crippen molar-refractivity contribution >= 4 is 11.5 Å². The predicted octanol–water partition coefficient (Wildman–Crippen LogP) is 2.36. The van der Waals surface area contributed by atoms with Crippen LogP contribution in [0, 0.1) is 17.2 Å². The van der Waals surface area contributed by atoms with Crippen LogP contribution in [0.1, 0.15) is 38.3 Å². The molecule has 2 aliphatic rings. The Hall–Kier alpha value is -1.67. The molecule has 5 heteroatoms. The van der Waals surface area contributed by atoms with E-state index in [1.165, 1.54) is 12.8 Å². The van der Waals surface area contributed by atoms with E-state index in [9.17, 15) is 5.26 Å². The van der Waals surface area contributed by atoms with Gasteiger partial charge in [-0.25, -0.2) is 0 Å². The van der Waals surface area contributed by atoms with Crippen LogP contribution in [-0.4, -0.2) is 30.4 Å². The Morgan fingerprint density at radius 3 is 2.95 bits per heavy atom. The zero-order valence-electron chi connectivity index (χ0n) is 12.7. The van der Waals surface area contributed by atoms with Gasteiger partial charge < -0.3 is 19.9 Å². The van der Waals surface area contributed by atoms with E-state index in [1.807, 2.05) is 6.07 Å². The maximum atomic E-state index is 9.39. The van der Waals surface area contributed by atoms with Gasteiger partial charge in [0, 0.05) is 19.7 Å². The zero-order chi connectivity index (χ0) is 14.8. The third-order valence-corrected chi connectivity index (χ3v) is 4.58. The lowest BCUT2D eigenvalue weighted by atomic mass is 10.0. The van der Waals surface area contributed by atoms with Gasteiger partial charge in [0.05, 0.1) is 18.3 Å². The molecule has 1 aromatic heterocycles. The van der Waals surface area contributed by atoms with Crippen LogP contribution in [0.15, 0.2) is 6.07 Å². The first kappa shape index (κ1) is 14.3. The van der Waals surface area contributed by atoms with Crippen LogP contribution < -0.4 is 10.6 Å². The maximum absolute atomic E-state index is 9.39. The largest absolute Gasteiger partial charge is 0.396 e. The molecule has 3 heterocycles. The van der Waals surface area contributed by atoms with Gasteiger partial charge in [-0.05, 0) is 37.7 Å². The number of ether oxygens (including phenoxy) is 1. The molecule has 5 nitrogen and oxygen atoms in total. The quantitative estimate of drug-likeness (QED) is 0.927. The fourth-order valence-corrected chi connectivity index (χ4v) is 3.56. The number of nitrogens with two attached hydrogens (primary N) is 1. The molecule has 0 aliphatic carbocycles. The number of piperidine rings is 1. The van der Waals surface area contributed by atoms with Gasteiger partial charge in [-0.15, -0.1) is 0 Å². The van der Waals surface area contributed by atoms with Crippen LogP contribution in [0.4, 0.5) is 11.5 Å². The van der Waals surface area contributed by atoms with E-state index in [1.54, 1.807) is 0 Å². The standard InChI is InChI=1S/C16H24N4O/c1-12-4-2-6-19(10-12)16-15(18)8-13(9-17)20(16)11-14-5-3-7-21-14/h8,12,14H,2-7,10-11,18H2,1H3/t12-,14+/m0/s1. The van der Waals surface area contributed by atoms with Gasteiger partial charge in [0.2, 0.25) is 0 Å². The van der Waals surface area contributed by atoms with Gasteiger partial charge in [0.15, 0.2) is 0 Å². The lowest BCUT2D eigenvalue weighted by Crippen LogP contribution is -2.36. The summed E-state index contributed by atoms with van der Waals surface area (Å²) in [6, 6.07) is 4.09. The predicted molar refractivity (Wildman–Crippen MR) is 83.1 cm³/mol. The third kappa shape index (κ3) is 2.86. The zero-order valence-corrected chi connectivity index (χ0v) is 12.7. The molecule has 0 bridgehead atoms. The molecule has 2 aliphatic heterocycles. The van der Waals surface area contributed by atoms with Crippen molar-refractivity contribution in [2.45, 2.75) is 45.3 Å². The van der Waals surface area contributed by atoms with E-state index in [0.29, 0.717) is 11.6 Å². The minimum atomic E-state index is 0.213. The third-order valence-electron chi connectivity index (χ3n) is 4.58. The number of aromatic nitrogens is 1. The molecule has 2 N–H and O–H groups in total. The van der Waals surface area contributed by atoms with Crippen LogP contribution in [0.5, 0.6) is 0 Å². The van der Waals surface area contributed by atoms with E-state index in [-0.39, 0.29) is 6.10 Å². The summed E-state index contributed by atoms with van der Waals surface area (Å²) in [5.41, 5.74) is 7.58. The van der Waals surface area contributed by atoms with E-state index in [4.69, 9.17) is 10.5 Å². The van der Waals surface area contributed by atoms with E-state index in [0.717, 1.165) is 50.6 Å². The molecular weight excluding hydrogens is 264 g/mol. The van der Waals surface area contributed by atoms with Crippen molar-refractivity contribution in [3.8, 4) is 6.07 Å². The number of rotatable bonds is 3. The van der Waals surface area contributed by atoms with Gasteiger partial charge in [-0.3, -0.25) is 0 Å². The summed E-state index contributed by atoms with van der Waals surface area (Å²) >= 11 is 0. The minimum Gasteiger partial charge on any atom is -0.396 e. The van der Waals surface area contributed by atoms with Gasteiger partial charge in [-0.1, -0.05) is 6.92 Å². The van der Waals surface area contributed by atoms with Crippen LogP contribution in [-0.2, 0) is 11.3 Å². The average Bonchev–Trinajstić information content (AvgIpc) is 3.07. The molecule has 0 saturated carbocycles. The molecule has 0 unspecified atom stereocenters. The molecule has 2 fully saturated rings. The van der Waals surface area contributed by atoms with Crippen molar-refractivity contribution in [2.75, 3.05) is 30.3 Å². The van der Waals surface area contributed by atoms with Crippen LogP contribution >= 0.6 is 0 Å². The highest BCUT2D eigenvalue weighted by Gasteiger charge is 2.26. The number of nitrogen functional groups attached to an aromatic ring is 1. The summed E-state index contributed by atoms with van der Waals surface area (Å²) in [5, 5.41) is 9.39. The minimum absolute atomic E-state index is 0.213. The van der Waals surface area contributed by atoms with Crippen molar-refractivity contribution < 1.29 is 4.74 Å². The number of anilines is 2. The summed E-state index contributed by atoms with van der Waals surface area (Å²) in [6.45, 7) is 5.89.